The minimum Gasteiger partial charge on any atom is -0.490 e. The lowest BCUT2D eigenvalue weighted by Gasteiger charge is -2.32. The van der Waals surface area contributed by atoms with Crippen LogP contribution in [0.5, 0.6) is 11.5 Å². The monoisotopic (exact) mass is 544 g/mol. The van der Waals surface area contributed by atoms with E-state index in [0.717, 1.165) is 30.2 Å². The van der Waals surface area contributed by atoms with Crippen LogP contribution < -0.4 is 9.47 Å². The number of unbranched alkanes of at least 4 members (excludes halogenated alkanes) is 2. The van der Waals surface area contributed by atoms with Gasteiger partial charge in [0.25, 0.3) is 0 Å². The maximum atomic E-state index is 13.2. The average molecular weight is 545 g/mol. The van der Waals surface area contributed by atoms with Crippen molar-refractivity contribution in [3.05, 3.63) is 60.2 Å². The Bertz CT molecular complexity index is 1340. The van der Waals surface area contributed by atoms with Crippen molar-refractivity contribution < 1.29 is 36.6 Å². The molecule has 39 heavy (non-hydrogen) atoms. The fraction of sp³-hybridized carbons (Fsp3) is 0.452. The van der Waals surface area contributed by atoms with E-state index in [0.29, 0.717) is 36.2 Å². The average Bonchev–Trinajstić information content (AvgIpc) is 3.38. The molecular weight excluding hydrogens is 509 g/mol. The molecule has 5 nitrogen and oxygen atoms in total. The zero-order valence-corrected chi connectivity index (χ0v) is 22.8. The maximum absolute atomic E-state index is 13.2. The smallest absolute Gasteiger partial charge is 0.490 e. The number of hydrogen-bond acceptors (Lipinski definition) is 5. The molecule has 210 valence electrons. The Morgan fingerprint density at radius 2 is 1.82 bits per heavy atom. The molecule has 0 amide bonds. The Balaban J connectivity index is 1.56. The van der Waals surface area contributed by atoms with Crippen LogP contribution in [0.15, 0.2) is 59.0 Å². The summed E-state index contributed by atoms with van der Waals surface area (Å²) in [5, 5.41) is 0.723. The van der Waals surface area contributed by atoms with Gasteiger partial charge in [0, 0.05) is 22.4 Å². The molecule has 2 unspecified atom stereocenters. The van der Waals surface area contributed by atoms with E-state index in [1.807, 2.05) is 26.0 Å². The van der Waals surface area contributed by atoms with Crippen LogP contribution in [-0.4, -0.2) is 24.5 Å². The molecule has 4 rings (SSSR count). The van der Waals surface area contributed by atoms with Gasteiger partial charge in [-0.1, -0.05) is 46.3 Å². The molecule has 1 saturated carbocycles. The molecule has 3 aromatic rings. The van der Waals surface area contributed by atoms with E-state index < -0.39 is 17.7 Å². The molecule has 0 radical (unpaired) electrons. The third kappa shape index (κ3) is 6.78. The Labute approximate surface area is 226 Å². The molecule has 1 aromatic heterocycles. The Kier molecular flexibility index (Phi) is 8.33. The van der Waals surface area contributed by atoms with Crippen molar-refractivity contribution in [2.75, 3.05) is 0 Å². The lowest BCUT2D eigenvalue weighted by molar-refractivity contribution is -0.274. The number of ether oxygens (including phenoxy) is 3. The Hall–Kier alpha value is -3.42. The summed E-state index contributed by atoms with van der Waals surface area (Å²) < 4.78 is 62.0. The first-order chi connectivity index (χ1) is 18.4. The van der Waals surface area contributed by atoms with E-state index in [9.17, 15) is 18.0 Å². The van der Waals surface area contributed by atoms with E-state index in [-0.39, 0.29) is 29.3 Å². The van der Waals surface area contributed by atoms with Crippen molar-refractivity contribution in [1.82, 2.24) is 0 Å². The number of hydrogen-bond donors (Lipinski definition) is 0. The lowest BCUT2D eigenvalue weighted by Crippen LogP contribution is -2.38. The van der Waals surface area contributed by atoms with Gasteiger partial charge in [0.05, 0.1) is 5.56 Å². The van der Waals surface area contributed by atoms with Gasteiger partial charge in [-0.15, -0.1) is 13.2 Å². The van der Waals surface area contributed by atoms with Crippen LogP contribution in [0.4, 0.5) is 13.2 Å². The number of furan rings is 1. The number of carbonyl (C=O) groups excluding carboxylic acids is 1. The fourth-order valence-corrected chi connectivity index (χ4v) is 5.00. The zero-order valence-electron chi connectivity index (χ0n) is 22.8. The van der Waals surface area contributed by atoms with Crippen molar-refractivity contribution in [3.8, 4) is 22.8 Å². The third-order valence-corrected chi connectivity index (χ3v) is 7.32. The second-order valence-corrected chi connectivity index (χ2v) is 10.8. The van der Waals surface area contributed by atoms with Crippen molar-refractivity contribution in [1.29, 1.82) is 0 Å². The maximum Gasteiger partial charge on any atom is 0.573 e. The number of esters is 1. The quantitative estimate of drug-likeness (QED) is 0.145. The second kappa shape index (κ2) is 11.4. The number of carbonyl (C=O) groups is 1. The van der Waals surface area contributed by atoms with Crippen LogP contribution in [0.3, 0.4) is 0 Å². The van der Waals surface area contributed by atoms with E-state index in [1.165, 1.54) is 6.07 Å². The number of fused-ring (bicyclic) bond motifs is 1. The van der Waals surface area contributed by atoms with Gasteiger partial charge in [0.1, 0.15) is 35.1 Å². The van der Waals surface area contributed by atoms with Gasteiger partial charge in [0.2, 0.25) is 0 Å². The first kappa shape index (κ1) is 28.6. The lowest BCUT2D eigenvalue weighted by atomic mass is 9.86. The molecule has 2 atom stereocenters. The molecule has 1 heterocycles. The molecule has 1 aliphatic rings. The highest BCUT2D eigenvalue weighted by Gasteiger charge is 2.47. The van der Waals surface area contributed by atoms with Gasteiger partial charge in [-0.3, -0.25) is 0 Å². The van der Waals surface area contributed by atoms with Gasteiger partial charge in [-0.25, -0.2) is 4.79 Å². The van der Waals surface area contributed by atoms with Gasteiger partial charge in [-0.2, -0.15) is 0 Å². The minimum absolute atomic E-state index is 0.209. The Morgan fingerprint density at radius 1 is 1.08 bits per heavy atom. The molecule has 2 aromatic carbocycles. The largest absolute Gasteiger partial charge is 0.573 e. The number of benzene rings is 2. The SMILES string of the molecule is C=C(C)C(=O)OC1CCC(Oc2ccc3cc(-c4ccc(CCCCC)cc4OC(F)(F)F)oc3c2)C1(C)C. The van der Waals surface area contributed by atoms with Crippen LogP contribution >= 0.6 is 0 Å². The van der Waals surface area contributed by atoms with E-state index in [1.54, 1.807) is 31.2 Å². The summed E-state index contributed by atoms with van der Waals surface area (Å²) in [4.78, 5) is 12.0. The summed E-state index contributed by atoms with van der Waals surface area (Å²) in [5.74, 6) is 0.136. The summed E-state index contributed by atoms with van der Waals surface area (Å²) in [6, 6.07) is 11.9. The molecule has 0 saturated heterocycles. The molecular formula is C31H35F3O5. The van der Waals surface area contributed by atoms with E-state index >= 15 is 0 Å². The zero-order chi connectivity index (χ0) is 28.4. The summed E-state index contributed by atoms with van der Waals surface area (Å²) >= 11 is 0. The summed E-state index contributed by atoms with van der Waals surface area (Å²) in [6.07, 6.45) is -0.376. The van der Waals surface area contributed by atoms with Crippen LogP contribution in [0, 0.1) is 5.41 Å². The number of halogens is 3. The molecule has 0 N–H and O–H groups in total. The summed E-state index contributed by atoms with van der Waals surface area (Å²) in [7, 11) is 0. The molecule has 1 aliphatic carbocycles. The van der Waals surface area contributed by atoms with Gasteiger partial charge in [-0.05, 0) is 68.5 Å². The van der Waals surface area contributed by atoms with E-state index in [2.05, 4.69) is 18.2 Å². The number of alkyl halides is 3. The van der Waals surface area contributed by atoms with Crippen molar-refractivity contribution in [2.45, 2.75) is 84.8 Å². The number of rotatable bonds is 10. The first-order valence-corrected chi connectivity index (χ1v) is 13.3. The third-order valence-electron chi connectivity index (χ3n) is 7.32. The molecule has 8 heteroatoms. The van der Waals surface area contributed by atoms with E-state index in [4.69, 9.17) is 13.9 Å². The second-order valence-electron chi connectivity index (χ2n) is 10.8. The highest BCUT2D eigenvalue weighted by molar-refractivity contribution is 5.87. The highest BCUT2D eigenvalue weighted by atomic mass is 19.4. The van der Waals surface area contributed by atoms with Gasteiger partial charge in [0.15, 0.2) is 0 Å². The molecule has 1 fully saturated rings. The van der Waals surface area contributed by atoms with Crippen molar-refractivity contribution in [2.24, 2.45) is 5.41 Å². The minimum atomic E-state index is -4.82. The predicted molar refractivity (Wildman–Crippen MR) is 144 cm³/mol. The summed E-state index contributed by atoms with van der Waals surface area (Å²) in [5.41, 5.74) is 1.41. The van der Waals surface area contributed by atoms with Crippen molar-refractivity contribution in [3.63, 3.8) is 0 Å². The fourth-order valence-electron chi connectivity index (χ4n) is 5.00. The molecule has 0 spiro atoms. The molecule has 0 aliphatic heterocycles. The molecule has 0 bridgehead atoms. The highest BCUT2D eigenvalue weighted by Crippen LogP contribution is 2.43. The topological polar surface area (TPSA) is 57.9 Å². The first-order valence-electron chi connectivity index (χ1n) is 13.3. The van der Waals surface area contributed by atoms with Crippen LogP contribution in [0.25, 0.3) is 22.3 Å². The number of aryl methyl sites for hydroxylation is 1. The normalized spacial score (nSPS) is 18.7. The van der Waals surface area contributed by atoms with Gasteiger partial charge >= 0.3 is 12.3 Å². The van der Waals surface area contributed by atoms with Gasteiger partial charge < -0.3 is 18.6 Å². The van der Waals surface area contributed by atoms with Crippen LogP contribution in [-0.2, 0) is 16.0 Å². The summed E-state index contributed by atoms with van der Waals surface area (Å²) in [6.45, 7) is 11.3. The predicted octanol–water partition coefficient (Wildman–Crippen LogP) is 8.79. The van der Waals surface area contributed by atoms with Crippen LogP contribution in [0.2, 0.25) is 0 Å². The van der Waals surface area contributed by atoms with Crippen molar-refractivity contribution >= 4 is 16.9 Å². The van der Waals surface area contributed by atoms with Crippen LogP contribution in [0.1, 0.15) is 65.4 Å². The Morgan fingerprint density at radius 3 is 2.51 bits per heavy atom. The standard InChI is InChI=1S/C31H35F3O5/c1-6-7-8-9-20-10-13-23(26(16-20)39-31(32,33)34)25-17-21-11-12-22(18-24(21)37-25)36-27-14-15-28(30(27,4)5)38-29(35)19(2)3/h10-13,16-18,27-28H,2,6-9,14-15H2,1,3-5H3.